The molecule has 4 aromatic carbocycles. The van der Waals surface area contributed by atoms with E-state index < -0.39 is 6.04 Å². The normalized spacial score (nSPS) is 23.2. The minimum Gasteiger partial charge on any atom is -0.508 e. The van der Waals surface area contributed by atoms with Gasteiger partial charge in [-0.1, -0.05) is 30.3 Å². The summed E-state index contributed by atoms with van der Waals surface area (Å²) < 4.78 is 12.0. The van der Waals surface area contributed by atoms with Gasteiger partial charge in [-0.3, -0.25) is 24.6 Å². The number of benzene rings is 4. The van der Waals surface area contributed by atoms with E-state index in [4.69, 9.17) is 9.47 Å². The van der Waals surface area contributed by atoms with Gasteiger partial charge in [-0.2, -0.15) is 0 Å². The van der Waals surface area contributed by atoms with E-state index in [1.807, 2.05) is 36.4 Å². The summed E-state index contributed by atoms with van der Waals surface area (Å²) in [5.74, 6) is 0.927. The SMILES string of the molecule is COc1cccc([C@H]2OCc3cc(O)ccc3[C@H]2c2ccc(N3CCC(CN4CCN(c5ccc6c(c5)CN([C@H]5CCC(=O)NC5=O)C6=O)CC4)CC3)cc2)c1. The standard InChI is InChI=1S/C45H49N5O6/c1-55-37-4-2-3-31(25-37)43-42(38-12-10-36(51)24-33(38)28-56-43)30-5-7-34(8-6-30)48-17-15-29(16-18-48)26-47-19-21-49(22-20-47)35-9-11-39-32(23-35)27-50(45(39)54)40-13-14-41(52)46-44(40)53/h2-12,23-25,29,40,42-43,51H,13-22,26-28H2,1H3,(H,46,52,53)/t40-,42+,43+/m0/s1. The number of phenolic OH excluding ortho intramolecular Hbond substituents is 1. The number of amides is 3. The maximum Gasteiger partial charge on any atom is 0.255 e. The molecule has 3 amide bonds. The van der Waals surface area contributed by atoms with Crippen LogP contribution in [0.4, 0.5) is 11.4 Å². The molecule has 3 saturated heterocycles. The van der Waals surface area contributed by atoms with Crippen molar-refractivity contribution in [2.45, 2.75) is 56.9 Å². The van der Waals surface area contributed by atoms with Crippen LogP contribution in [-0.4, -0.2) is 91.6 Å². The summed E-state index contributed by atoms with van der Waals surface area (Å²) in [6.45, 7) is 7.91. The first-order valence-corrected chi connectivity index (χ1v) is 20.0. The third-order valence-corrected chi connectivity index (χ3v) is 12.6. The molecule has 4 aromatic rings. The molecule has 9 rings (SSSR count). The molecule has 0 spiro atoms. The van der Waals surface area contributed by atoms with Crippen molar-refractivity contribution in [3.05, 3.63) is 118 Å². The van der Waals surface area contributed by atoms with Gasteiger partial charge in [-0.15, -0.1) is 0 Å². The van der Waals surface area contributed by atoms with Gasteiger partial charge >= 0.3 is 0 Å². The zero-order chi connectivity index (χ0) is 38.3. The number of carbonyl (C=O) groups is 3. The highest BCUT2D eigenvalue weighted by atomic mass is 16.5. The number of phenols is 1. The molecule has 5 aliphatic heterocycles. The average molecular weight is 756 g/mol. The van der Waals surface area contributed by atoms with Crippen LogP contribution in [0.5, 0.6) is 11.5 Å². The Morgan fingerprint density at radius 1 is 0.786 bits per heavy atom. The van der Waals surface area contributed by atoms with Gasteiger partial charge in [-0.25, -0.2) is 0 Å². The Hall–Kier alpha value is -5.39. The smallest absolute Gasteiger partial charge is 0.255 e. The van der Waals surface area contributed by atoms with Gasteiger partial charge in [0.1, 0.15) is 17.5 Å². The number of methoxy groups -OCH3 is 1. The van der Waals surface area contributed by atoms with Crippen LogP contribution in [0.2, 0.25) is 0 Å². The first-order valence-electron chi connectivity index (χ1n) is 20.0. The number of anilines is 2. The molecular formula is C45H49N5O6. The van der Waals surface area contributed by atoms with Gasteiger partial charge in [0, 0.05) is 81.6 Å². The third-order valence-electron chi connectivity index (χ3n) is 12.6. The molecule has 11 heteroatoms. The maximum atomic E-state index is 13.2. The number of hydrogen-bond donors (Lipinski definition) is 2. The molecule has 5 heterocycles. The lowest BCUT2D eigenvalue weighted by molar-refractivity contribution is -0.136. The predicted molar refractivity (Wildman–Crippen MR) is 213 cm³/mol. The van der Waals surface area contributed by atoms with E-state index in [9.17, 15) is 19.5 Å². The fourth-order valence-electron chi connectivity index (χ4n) is 9.50. The molecule has 56 heavy (non-hydrogen) atoms. The topological polar surface area (TPSA) is 115 Å². The summed E-state index contributed by atoms with van der Waals surface area (Å²) in [5.41, 5.74) is 8.43. The van der Waals surface area contributed by atoms with Crippen LogP contribution in [0, 0.1) is 5.92 Å². The number of ether oxygens (including phenoxy) is 2. The fourth-order valence-corrected chi connectivity index (χ4v) is 9.50. The highest BCUT2D eigenvalue weighted by Gasteiger charge is 2.39. The Kier molecular flexibility index (Phi) is 9.89. The summed E-state index contributed by atoms with van der Waals surface area (Å²) in [6.07, 6.45) is 2.78. The van der Waals surface area contributed by atoms with Crippen molar-refractivity contribution < 1.29 is 29.0 Å². The van der Waals surface area contributed by atoms with Crippen LogP contribution < -0.4 is 19.9 Å². The van der Waals surface area contributed by atoms with Gasteiger partial charge in [0.15, 0.2) is 0 Å². The molecule has 3 fully saturated rings. The lowest BCUT2D eigenvalue weighted by atomic mass is 9.79. The van der Waals surface area contributed by atoms with Crippen molar-refractivity contribution in [2.24, 2.45) is 5.92 Å². The predicted octanol–water partition coefficient (Wildman–Crippen LogP) is 5.60. The van der Waals surface area contributed by atoms with Gasteiger partial charge in [0.25, 0.3) is 5.91 Å². The monoisotopic (exact) mass is 755 g/mol. The van der Waals surface area contributed by atoms with Crippen LogP contribution in [0.15, 0.2) is 84.9 Å². The van der Waals surface area contributed by atoms with Crippen molar-refractivity contribution >= 4 is 29.1 Å². The van der Waals surface area contributed by atoms with E-state index in [1.54, 1.807) is 18.1 Å². The molecule has 0 bridgehead atoms. The molecular weight excluding hydrogens is 707 g/mol. The van der Waals surface area contributed by atoms with Gasteiger partial charge < -0.3 is 29.3 Å². The number of carbonyl (C=O) groups excluding carboxylic acids is 3. The number of imide groups is 1. The maximum absolute atomic E-state index is 13.2. The molecule has 2 N–H and O–H groups in total. The summed E-state index contributed by atoms with van der Waals surface area (Å²) in [5, 5.41) is 12.6. The van der Waals surface area contributed by atoms with Gasteiger partial charge in [-0.05, 0) is 108 Å². The quantitative estimate of drug-likeness (QED) is 0.222. The highest BCUT2D eigenvalue weighted by molar-refractivity contribution is 6.05. The van der Waals surface area contributed by atoms with Crippen molar-refractivity contribution in [2.75, 3.05) is 62.7 Å². The Labute approximate surface area is 327 Å². The molecule has 5 aliphatic rings. The fraction of sp³-hybridized carbons (Fsp3) is 0.400. The van der Waals surface area contributed by atoms with Crippen LogP contribution in [0.3, 0.4) is 0 Å². The zero-order valence-electron chi connectivity index (χ0n) is 31.9. The second-order valence-corrected chi connectivity index (χ2v) is 15.9. The Bertz CT molecular complexity index is 2120. The highest BCUT2D eigenvalue weighted by Crippen LogP contribution is 2.46. The summed E-state index contributed by atoms with van der Waals surface area (Å²) in [4.78, 5) is 46.4. The molecule has 0 unspecified atom stereocenters. The molecule has 0 aromatic heterocycles. The van der Waals surface area contributed by atoms with Crippen molar-refractivity contribution in [1.29, 1.82) is 0 Å². The number of rotatable bonds is 8. The zero-order valence-corrected chi connectivity index (χ0v) is 31.9. The third kappa shape index (κ3) is 7.10. The number of aromatic hydroxyl groups is 1. The van der Waals surface area contributed by atoms with E-state index in [-0.39, 0.29) is 41.9 Å². The van der Waals surface area contributed by atoms with E-state index in [1.165, 1.54) is 16.8 Å². The van der Waals surface area contributed by atoms with Crippen LogP contribution in [-0.2, 0) is 27.5 Å². The molecule has 3 atom stereocenters. The average Bonchev–Trinajstić information content (AvgIpc) is 3.55. The molecule has 11 nitrogen and oxygen atoms in total. The van der Waals surface area contributed by atoms with E-state index in [0.717, 1.165) is 86.8 Å². The molecule has 0 radical (unpaired) electrons. The summed E-state index contributed by atoms with van der Waals surface area (Å²) in [7, 11) is 1.69. The first-order chi connectivity index (χ1) is 27.3. The largest absolute Gasteiger partial charge is 0.508 e. The molecule has 290 valence electrons. The van der Waals surface area contributed by atoms with E-state index in [2.05, 4.69) is 62.5 Å². The van der Waals surface area contributed by atoms with Crippen LogP contribution in [0.1, 0.15) is 75.9 Å². The van der Waals surface area contributed by atoms with Gasteiger partial charge in [0.2, 0.25) is 11.8 Å². The van der Waals surface area contributed by atoms with E-state index >= 15 is 0 Å². The molecule has 0 aliphatic carbocycles. The number of hydrogen-bond acceptors (Lipinski definition) is 9. The number of fused-ring (bicyclic) bond motifs is 2. The van der Waals surface area contributed by atoms with Crippen LogP contribution >= 0.6 is 0 Å². The van der Waals surface area contributed by atoms with Crippen molar-refractivity contribution in [3.8, 4) is 11.5 Å². The first kappa shape index (κ1) is 36.3. The Morgan fingerprint density at radius 3 is 2.32 bits per heavy atom. The van der Waals surface area contributed by atoms with E-state index in [0.29, 0.717) is 31.1 Å². The second-order valence-electron chi connectivity index (χ2n) is 15.9. The Balaban J connectivity index is 0.787. The number of nitrogens with one attached hydrogen (secondary N) is 1. The number of piperazine rings is 1. The number of piperidine rings is 2. The minimum absolute atomic E-state index is 0.0195. The second kappa shape index (κ2) is 15.3. The van der Waals surface area contributed by atoms with Crippen molar-refractivity contribution in [3.63, 3.8) is 0 Å². The summed E-state index contributed by atoms with van der Waals surface area (Å²) in [6, 6.07) is 28.2. The van der Waals surface area contributed by atoms with Gasteiger partial charge in [0.05, 0.1) is 19.8 Å². The Morgan fingerprint density at radius 2 is 1.55 bits per heavy atom. The lowest BCUT2D eigenvalue weighted by Crippen LogP contribution is -2.52. The summed E-state index contributed by atoms with van der Waals surface area (Å²) >= 11 is 0. The minimum atomic E-state index is -0.593. The molecule has 0 saturated carbocycles. The van der Waals surface area contributed by atoms with Crippen molar-refractivity contribution in [1.82, 2.24) is 15.1 Å². The lowest BCUT2D eigenvalue weighted by Gasteiger charge is -2.40. The van der Waals surface area contributed by atoms with Crippen LogP contribution in [0.25, 0.3) is 0 Å². The number of nitrogens with zero attached hydrogens (tertiary/aromatic N) is 4.